The van der Waals surface area contributed by atoms with Crippen LogP contribution in [0.15, 0.2) is 53.5 Å². The van der Waals surface area contributed by atoms with Crippen LogP contribution in [0.5, 0.6) is 0 Å². The average Bonchev–Trinajstić information content (AvgIpc) is 2.57. The lowest BCUT2D eigenvalue weighted by atomic mass is 9.99. The minimum absolute atomic E-state index is 0.0808. The summed E-state index contributed by atoms with van der Waals surface area (Å²) in [4.78, 5) is 17.0. The van der Waals surface area contributed by atoms with E-state index in [1.165, 1.54) is 0 Å². The van der Waals surface area contributed by atoms with Crippen molar-refractivity contribution in [3.05, 3.63) is 59.0 Å². The number of hydrogen-bond donors (Lipinski definition) is 2. The lowest BCUT2D eigenvalue weighted by Gasteiger charge is -2.22. The van der Waals surface area contributed by atoms with Gasteiger partial charge in [0.05, 0.1) is 0 Å². The predicted octanol–water partition coefficient (Wildman–Crippen LogP) is 3.62. The molecule has 0 fully saturated rings. The van der Waals surface area contributed by atoms with Gasteiger partial charge in [0, 0.05) is 47.2 Å². The Morgan fingerprint density at radius 1 is 1.00 bits per heavy atom. The summed E-state index contributed by atoms with van der Waals surface area (Å²) in [5, 5.41) is 1.59. The molecule has 0 saturated heterocycles. The maximum atomic E-state index is 12.0. The molecule has 2 aromatic carbocycles. The van der Waals surface area contributed by atoms with E-state index < -0.39 is 0 Å². The van der Waals surface area contributed by atoms with Crippen LogP contribution in [-0.4, -0.2) is 18.1 Å². The lowest BCUT2D eigenvalue weighted by molar-refractivity contribution is 0.867. The van der Waals surface area contributed by atoms with Gasteiger partial charge < -0.3 is 15.6 Å². The van der Waals surface area contributed by atoms with Gasteiger partial charge in [-0.3, -0.25) is 4.79 Å². The Hall–Kier alpha value is -2.75. The van der Waals surface area contributed by atoms with Crippen LogP contribution < -0.4 is 16.2 Å². The molecule has 118 valence electrons. The van der Waals surface area contributed by atoms with Gasteiger partial charge in [-0.1, -0.05) is 24.3 Å². The van der Waals surface area contributed by atoms with Crippen molar-refractivity contribution in [3.63, 3.8) is 0 Å². The molecule has 0 aliphatic carbocycles. The average molecular weight is 307 g/mol. The monoisotopic (exact) mass is 307 g/mol. The number of nitrogens with zero attached hydrogens (tertiary/aromatic N) is 1. The molecule has 0 spiro atoms. The molecule has 23 heavy (non-hydrogen) atoms. The van der Waals surface area contributed by atoms with Crippen LogP contribution >= 0.6 is 0 Å². The van der Waals surface area contributed by atoms with E-state index in [1.807, 2.05) is 36.4 Å². The second kappa shape index (κ2) is 6.16. The molecule has 4 heteroatoms. The number of nitrogens with one attached hydrogen (secondary N) is 1. The molecule has 0 aliphatic rings. The van der Waals surface area contributed by atoms with Crippen LogP contribution in [0.25, 0.3) is 21.9 Å². The van der Waals surface area contributed by atoms with Gasteiger partial charge in [-0.05, 0) is 37.4 Å². The number of benzene rings is 2. The molecule has 4 nitrogen and oxygen atoms in total. The second-order valence-corrected chi connectivity index (χ2v) is 5.52. The van der Waals surface area contributed by atoms with Crippen molar-refractivity contribution >= 4 is 22.1 Å². The minimum atomic E-state index is -0.0808. The molecule has 3 aromatic rings. The number of rotatable bonds is 4. The van der Waals surface area contributed by atoms with Gasteiger partial charge in [0.25, 0.3) is 5.56 Å². The normalized spacial score (nSPS) is 10.9. The molecule has 0 radical (unpaired) electrons. The molecule has 0 bridgehead atoms. The molecule has 0 saturated carbocycles. The van der Waals surface area contributed by atoms with Gasteiger partial charge in [-0.15, -0.1) is 0 Å². The first kappa shape index (κ1) is 15.2. The van der Waals surface area contributed by atoms with E-state index in [4.69, 9.17) is 5.73 Å². The summed E-state index contributed by atoms with van der Waals surface area (Å²) in [6.45, 7) is 6.14. The Labute approximate surface area is 135 Å². The first-order chi connectivity index (χ1) is 11.2. The van der Waals surface area contributed by atoms with Gasteiger partial charge in [0.2, 0.25) is 0 Å². The molecule has 3 N–H and O–H groups in total. The SMILES string of the molecule is CCN(CC)c1ccc(-c2c[nH]c(=O)c3ccccc23)c(N)c1. The Kier molecular flexibility index (Phi) is 4.06. The number of aromatic nitrogens is 1. The minimum Gasteiger partial charge on any atom is -0.398 e. The van der Waals surface area contributed by atoms with Crippen LogP contribution in [0.3, 0.4) is 0 Å². The number of fused-ring (bicyclic) bond motifs is 1. The van der Waals surface area contributed by atoms with E-state index in [1.54, 1.807) is 6.20 Å². The molecule has 0 amide bonds. The van der Waals surface area contributed by atoms with Crippen molar-refractivity contribution < 1.29 is 0 Å². The van der Waals surface area contributed by atoms with Crippen molar-refractivity contribution in [2.45, 2.75) is 13.8 Å². The number of H-pyrrole nitrogens is 1. The van der Waals surface area contributed by atoms with Gasteiger partial charge in [0.15, 0.2) is 0 Å². The first-order valence-corrected chi connectivity index (χ1v) is 7.91. The van der Waals surface area contributed by atoms with E-state index in [-0.39, 0.29) is 5.56 Å². The maximum absolute atomic E-state index is 12.0. The molecule has 0 atom stereocenters. The van der Waals surface area contributed by atoms with Crippen LogP contribution in [0.4, 0.5) is 11.4 Å². The summed E-state index contributed by atoms with van der Waals surface area (Å²) in [5.41, 5.74) is 9.95. The van der Waals surface area contributed by atoms with E-state index in [9.17, 15) is 4.79 Å². The van der Waals surface area contributed by atoms with Crippen molar-refractivity contribution in [2.75, 3.05) is 23.7 Å². The highest BCUT2D eigenvalue weighted by Crippen LogP contribution is 2.33. The van der Waals surface area contributed by atoms with E-state index in [2.05, 4.69) is 29.8 Å². The zero-order valence-corrected chi connectivity index (χ0v) is 13.5. The fourth-order valence-electron chi connectivity index (χ4n) is 3.01. The van der Waals surface area contributed by atoms with Gasteiger partial charge in [0.1, 0.15) is 0 Å². The van der Waals surface area contributed by atoms with Gasteiger partial charge in [-0.2, -0.15) is 0 Å². The Balaban J connectivity index is 2.17. The van der Waals surface area contributed by atoms with Crippen molar-refractivity contribution in [1.82, 2.24) is 4.98 Å². The standard InChI is InChI=1S/C19H21N3O/c1-3-22(4-2)13-9-10-15(18(20)11-13)17-12-21-19(23)16-8-6-5-7-14(16)17/h5-12H,3-4,20H2,1-2H3,(H,21,23). The van der Waals surface area contributed by atoms with Crippen LogP contribution in [-0.2, 0) is 0 Å². The maximum Gasteiger partial charge on any atom is 0.255 e. The van der Waals surface area contributed by atoms with Gasteiger partial charge in [-0.25, -0.2) is 0 Å². The zero-order chi connectivity index (χ0) is 16.4. The largest absolute Gasteiger partial charge is 0.398 e. The van der Waals surface area contributed by atoms with Gasteiger partial charge >= 0.3 is 0 Å². The van der Waals surface area contributed by atoms with Crippen LogP contribution in [0.1, 0.15) is 13.8 Å². The highest BCUT2D eigenvalue weighted by Gasteiger charge is 2.11. The number of nitrogen functional groups attached to an aromatic ring is 1. The number of pyridine rings is 1. The molecule has 3 rings (SSSR count). The molecule has 1 heterocycles. The summed E-state index contributed by atoms with van der Waals surface area (Å²) in [6.07, 6.45) is 1.74. The number of hydrogen-bond acceptors (Lipinski definition) is 3. The van der Waals surface area contributed by atoms with E-state index >= 15 is 0 Å². The summed E-state index contributed by atoms with van der Waals surface area (Å²) in [6, 6.07) is 13.7. The highest BCUT2D eigenvalue weighted by molar-refractivity contribution is 5.98. The van der Waals surface area contributed by atoms with E-state index in [0.29, 0.717) is 11.1 Å². The Morgan fingerprint density at radius 2 is 1.70 bits per heavy atom. The van der Waals surface area contributed by atoms with E-state index in [0.717, 1.165) is 35.3 Å². The first-order valence-electron chi connectivity index (χ1n) is 7.91. The third-order valence-corrected chi connectivity index (χ3v) is 4.26. The quantitative estimate of drug-likeness (QED) is 0.724. The zero-order valence-electron chi connectivity index (χ0n) is 13.5. The van der Waals surface area contributed by atoms with Crippen molar-refractivity contribution in [3.8, 4) is 11.1 Å². The Morgan fingerprint density at radius 3 is 2.35 bits per heavy atom. The molecule has 1 aromatic heterocycles. The summed E-state index contributed by atoms with van der Waals surface area (Å²) >= 11 is 0. The fraction of sp³-hybridized carbons (Fsp3) is 0.211. The van der Waals surface area contributed by atoms with Crippen molar-refractivity contribution in [1.29, 1.82) is 0 Å². The summed E-state index contributed by atoms with van der Waals surface area (Å²) < 4.78 is 0. The summed E-state index contributed by atoms with van der Waals surface area (Å²) in [7, 11) is 0. The lowest BCUT2D eigenvalue weighted by Crippen LogP contribution is -2.21. The third-order valence-electron chi connectivity index (χ3n) is 4.26. The van der Waals surface area contributed by atoms with Crippen molar-refractivity contribution in [2.24, 2.45) is 0 Å². The highest BCUT2D eigenvalue weighted by atomic mass is 16.1. The molecule has 0 unspecified atom stereocenters. The number of aromatic amines is 1. The molecular formula is C19H21N3O. The third kappa shape index (κ3) is 2.68. The number of anilines is 2. The molecular weight excluding hydrogens is 286 g/mol. The van der Waals surface area contributed by atoms with Crippen LogP contribution in [0.2, 0.25) is 0 Å². The number of nitrogens with two attached hydrogens (primary N) is 1. The Bertz CT molecular complexity index is 895. The fourth-order valence-corrected chi connectivity index (χ4v) is 3.01. The second-order valence-electron chi connectivity index (χ2n) is 5.52. The topological polar surface area (TPSA) is 62.1 Å². The van der Waals surface area contributed by atoms with Crippen LogP contribution in [0, 0.1) is 0 Å². The summed E-state index contributed by atoms with van der Waals surface area (Å²) in [5.74, 6) is 0. The molecule has 0 aliphatic heterocycles. The smallest absolute Gasteiger partial charge is 0.255 e. The predicted molar refractivity (Wildman–Crippen MR) is 98.0 cm³/mol.